The maximum Gasteiger partial charge on any atom is 0.143 e. The highest BCUT2D eigenvalue weighted by Gasteiger charge is 2.17. The normalized spacial score (nSPS) is 11.7. The van der Waals surface area contributed by atoms with E-state index in [1.807, 2.05) is 23.5 Å². The van der Waals surface area contributed by atoms with Crippen LogP contribution in [0.4, 0.5) is 17.1 Å². The largest absolute Gasteiger partial charge is 0.455 e. The van der Waals surface area contributed by atoms with Crippen LogP contribution in [0.5, 0.6) is 0 Å². The molecular weight excluding hydrogens is 543 g/mol. The van der Waals surface area contributed by atoms with E-state index in [-0.39, 0.29) is 0 Å². The lowest BCUT2D eigenvalue weighted by Gasteiger charge is -2.25. The van der Waals surface area contributed by atoms with Gasteiger partial charge in [-0.3, -0.25) is 0 Å². The van der Waals surface area contributed by atoms with Crippen LogP contribution >= 0.6 is 11.3 Å². The molecule has 0 saturated carbocycles. The average molecular weight is 568 g/mol. The highest BCUT2D eigenvalue weighted by Crippen LogP contribution is 2.43. The second kappa shape index (κ2) is 9.59. The Bertz CT molecular complexity index is 2450. The van der Waals surface area contributed by atoms with Crippen LogP contribution in [0.3, 0.4) is 0 Å². The summed E-state index contributed by atoms with van der Waals surface area (Å²) in [4.78, 5) is 2.34. The Labute approximate surface area is 252 Å². The maximum atomic E-state index is 6.34. The van der Waals surface area contributed by atoms with Crippen molar-refractivity contribution in [2.45, 2.75) is 0 Å². The smallest absolute Gasteiger partial charge is 0.143 e. The fourth-order valence-electron chi connectivity index (χ4n) is 6.42. The minimum atomic E-state index is 0.918. The Balaban J connectivity index is 1.18. The summed E-state index contributed by atoms with van der Waals surface area (Å²) in [6, 6.07) is 54.2. The van der Waals surface area contributed by atoms with Crippen LogP contribution in [0.25, 0.3) is 64.0 Å². The molecule has 0 radical (unpaired) electrons. The molecule has 0 bridgehead atoms. The molecule has 0 aliphatic rings. The van der Waals surface area contributed by atoms with E-state index in [1.165, 1.54) is 30.9 Å². The first-order chi connectivity index (χ1) is 21.3. The molecule has 0 atom stereocenters. The molecule has 0 spiro atoms. The molecule has 0 saturated heterocycles. The molecule has 0 unspecified atom stereocenters. The molecule has 0 aliphatic carbocycles. The molecule has 9 rings (SSSR count). The second-order valence-electron chi connectivity index (χ2n) is 10.9. The summed E-state index contributed by atoms with van der Waals surface area (Å²) in [5.41, 5.74) is 7.45. The molecule has 0 aliphatic heterocycles. The van der Waals surface area contributed by atoms with E-state index in [2.05, 4.69) is 144 Å². The number of fused-ring (bicyclic) bond motifs is 8. The Morgan fingerprint density at radius 3 is 2.07 bits per heavy atom. The number of hydrogen-bond acceptors (Lipinski definition) is 3. The summed E-state index contributed by atoms with van der Waals surface area (Å²) in [5, 5.41) is 7.49. The number of benzene rings is 7. The van der Waals surface area contributed by atoms with Crippen molar-refractivity contribution >= 4 is 81.3 Å². The molecule has 0 N–H and O–H groups in total. The van der Waals surface area contributed by atoms with E-state index in [4.69, 9.17) is 4.42 Å². The van der Waals surface area contributed by atoms with Crippen molar-refractivity contribution in [2.75, 3.05) is 4.90 Å². The fraction of sp³-hybridized carbons (Fsp3) is 0. The maximum absolute atomic E-state index is 6.34. The average Bonchev–Trinajstić information content (AvgIpc) is 3.64. The predicted octanol–water partition coefficient (Wildman–Crippen LogP) is 12.2. The van der Waals surface area contributed by atoms with Crippen molar-refractivity contribution in [3.63, 3.8) is 0 Å². The second-order valence-corrected chi connectivity index (χ2v) is 12.0. The lowest BCUT2D eigenvalue weighted by atomic mass is 10.0. The van der Waals surface area contributed by atoms with Gasteiger partial charge in [0.05, 0.1) is 0 Å². The molecule has 7 aromatic carbocycles. The molecule has 0 amide bonds. The van der Waals surface area contributed by atoms with Gasteiger partial charge in [-0.25, -0.2) is 0 Å². The van der Waals surface area contributed by atoms with Gasteiger partial charge >= 0.3 is 0 Å². The van der Waals surface area contributed by atoms with E-state index < -0.39 is 0 Å². The van der Waals surface area contributed by atoms with Crippen LogP contribution in [-0.4, -0.2) is 0 Å². The Morgan fingerprint density at radius 2 is 1.19 bits per heavy atom. The van der Waals surface area contributed by atoms with Gasteiger partial charge in [-0.15, -0.1) is 11.3 Å². The summed E-state index contributed by atoms with van der Waals surface area (Å²) < 4.78 is 8.99. The Morgan fingerprint density at radius 1 is 0.465 bits per heavy atom. The standard InChI is InChI=1S/C40H25NOS/c1-2-10-28(11-3-1)41(30-22-24-38-36(25-30)35-23-19-26-9-4-5-12-32(26)40(35)43-38)29-20-17-27(18-21-29)31-14-8-15-34-33-13-6-7-16-37(33)42-39(31)34/h1-25H. The lowest BCUT2D eigenvalue weighted by molar-refractivity contribution is 0.670. The van der Waals surface area contributed by atoms with Gasteiger partial charge in [0.1, 0.15) is 11.2 Å². The van der Waals surface area contributed by atoms with Gasteiger partial charge in [-0.2, -0.15) is 0 Å². The first kappa shape index (κ1) is 24.2. The van der Waals surface area contributed by atoms with Crippen molar-refractivity contribution in [1.29, 1.82) is 0 Å². The van der Waals surface area contributed by atoms with Crippen molar-refractivity contribution in [3.8, 4) is 11.1 Å². The van der Waals surface area contributed by atoms with E-state index in [0.717, 1.165) is 50.1 Å². The van der Waals surface area contributed by atoms with Gasteiger partial charge in [-0.05, 0) is 64.9 Å². The van der Waals surface area contributed by atoms with Crippen molar-refractivity contribution in [2.24, 2.45) is 0 Å². The number of para-hydroxylation sites is 3. The summed E-state index contributed by atoms with van der Waals surface area (Å²) in [6.45, 7) is 0. The van der Waals surface area contributed by atoms with Crippen LogP contribution in [0.1, 0.15) is 0 Å². The molecule has 2 heterocycles. The van der Waals surface area contributed by atoms with Gasteiger partial charge in [0.25, 0.3) is 0 Å². The highest BCUT2D eigenvalue weighted by molar-refractivity contribution is 7.26. The summed E-state index contributed by atoms with van der Waals surface area (Å²) in [6.07, 6.45) is 0. The van der Waals surface area contributed by atoms with E-state index in [1.54, 1.807) is 0 Å². The van der Waals surface area contributed by atoms with E-state index in [0.29, 0.717) is 0 Å². The predicted molar refractivity (Wildman–Crippen MR) is 184 cm³/mol. The van der Waals surface area contributed by atoms with E-state index >= 15 is 0 Å². The topological polar surface area (TPSA) is 16.4 Å². The Kier molecular flexibility index (Phi) is 5.40. The number of furan rings is 1. The molecule has 0 fully saturated rings. The quantitative estimate of drug-likeness (QED) is 0.210. The monoisotopic (exact) mass is 567 g/mol. The third-order valence-electron chi connectivity index (χ3n) is 8.46. The van der Waals surface area contributed by atoms with Crippen molar-refractivity contribution in [3.05, 3.63) is 152 Å². The molecule has 202 valence electrons. The summed E-state index contributed by atoms with van der Waals surface area (Å²) in [7, 11) is 0. The third-order valence-corrected chi connectivity index (χ3v) is 9.68. The number of nitrogens with zero attached hydrogens (tertiary/aromatic N) is 1. The lowest BCUT2D eigenvalue weighted by Crippen LogP contribution is -2.09. The first-order valence-electron chi connectivity index (χ1n) is 14.5. The van der Waals surface area contributed by atoms with Gasteiger partial charge in [-0.1, -0.05) is 103 Å². The third kappa shape index (κ3) is 3.86. The van der Waals surface area contributed by atoms with Crippen LogP contribution in [-0.2, 0) is 0 Å². The number of anilines is 3. The van der Waals surface area contributed by atoms with Crippen LogP contribution in [0.2, 0.25) is 0 Å². The molecule has 3 heteroatoms. The minimum absolute atomic E-state index is 0.918. The zero-order valence-electron chi connectivity index (χ0n) is 23.2. The van der Waals surface area contributed by atoms with Crippen LogP contribution < -0.4 is 4.90 Å². The zero-order chi connectivity index (χ0) is 28.3. The van der Waals surface area contributed by atoms with Crippen LogP contribution in [0, 0.1) is 0 Å². The number of hydrogen-bond donors (Lipinski definition) is 0. The summed E-state index contributed by atoms with van der Waals surface area (Å²) in [5.74, 6) is 0. The van der Waals surface area contributed by atoms with E-state index in [9.17, 15) is 0 Å². The molecule has 2 aromatic heterocycles. The minimum Gasteiger partial charge on any atom is -0.455 e. The van der Waals surface area contributed by atoms with Crippen molar-refractivity contribution in [1.82, 2.24) is 0 Å². The van der Waals surface area contributed by atoms with Gasteiger partial charge in [0.2, 0.25) is 0 Å². The molecular formula is C40H25NOS. The number of thiophene rings is 1. The Hall–Kier alpha value is -5.38. The fourth-order valence-corrected chi connectivity index (χ4v) is 7.64. The van der Waals surface area contributed by atoms with Gasteiger partial charge in [0.15, 0.2) is 0 Å². The first-order valence-corrected chi connectivity index (χ1v) is 15.3. The highest BCUT2D eigenvalue weighted by atomic mass is 32.1. The van der Waals surface area contributed by atoms with Gasteiger partial charge < -0.3 is 9.32 Å². The number of rotatable bonds is 4. The molecule has 43 heavy (non-hydrogen) atoms. The van der Waals surface area contributed by atoms with Crippen molar-refractivity contribution < 1.29 is 4.42 Å². The molecule has 2 nitrogen and oxygen atoms in total. The SMILES string of the molecule is c1ccc(N(c2ccc(-c3cccc4c3oc3ccccc34)cc2)c2ccc3sc4c5ccccc5ccc4c3c2)cc1. The summed E-state index contributed by atoms with van der Waals surface area (Å²) >= 11 is 1.88. The molecule has 9 aromatic rings. The van der Waals surface area contributed by atoms with Crippen LogP contribution in [0.15, 0.2) is 156 Å². The van der Waals surface area contributed by atoms with Gasteiger partial charge in [0, 0.05) is 53.6 Å². The zero-order valence-corrected chi connectivity index (χ0v) is 24.0.